The maximum atomic E-state index is 13.5. The van der Waals surface area contributed by atoms with Crippen LogP contribution in [0, 0.1) is 23.3 Å². The molecule has 8 heteroatoms. The molecule has 1 N–H and O–H groups in total. The maximum absolute atomic E-state index is 13.5. The highest BCUT2D eigenvalue weighted by molar-refractivity contribution is 5.47. The first-order valence-corrected chi connectivity index (χ1v) is 6.18. The molecule has 0 saturated carbocycles. The number of hydrogen-bond donors (Lipinski definition) is 1. The lowest BCUT2D eigenvalue weighted by molar-refractivity contribution is 0.347. The van der Waals surface area contributed by atoms with Crippen LogP contribution in [0.5, 0.6) is 0 Å². The molecule has 0 radical (unpaired) electrons. The molecule has 0 bridgehead atoms. The normalized spacial score (nSPS) is 11.8. The van der Waals surface area contributed by atoms with E-state index >= 15 is 0 Å². The van der Waals surface area contributed by atoms with E-state index in [9.17, 15) is 17.6 Å². The van der Waals surface area contributed by atoms with Gasteiger partial charge in [0.1, 0.15) is 11.4 Å². The summed E-state index contributed by atoms with van der Waals surface area (Å²) in [7, 11) is 0. The standard InChI is InChI=1S/C13H14F4N4/c1-13(2,3)21-6-7(19-20-21)5-18-12-10(16)8(14)4-9(15)11(12)17/h4,6,18H,5H2,1-3H3. The average molecular weight is 302 g/mol. The minimum atomic E-state index is -1.47. The first kappa shape index (κ1) is 15.3. The fourth-order valence-electron chi connectivity index (χ4n) is 1.61. The molecule has 4 nitrogen and oxygen atoms in total. The molecular formula is C13H14F4N4. The van der Waals surface area contributed by atoms with E-state index < -0.39 is 29.0 Å². The SMILES string of the molecule is CC(C)(C)n1cc(CNc2c(F)c(F)cc(F)c2F)nn1. The predicted octanol–water partition coefficient (Wildman–Crippen LogP) is 3.20. The fourth-order valence-corrected chi connectivity index (χ4v) is 1.61. The Bertz CT molecular complexity index is 635. The Morgan fingerprint density at radius 2 is 1.67 bits per heavy atom. The number of halogens is 4. The summed E-state index contributed by atoms with van der Waals surface area (Å²) in [4.78, 5) is 0. The van der Waals surface area contributed by atoms with Crippen LogP contribution in [0.4, 0.5) is 23.2 Å². The fraction of sp³-hybridized carbons (Fsp3) is 0.385. The van der Waals surface area contributed by atoms with Gasteiger partial charge in [-0.05, 0) is 20.8 Å². The number of nitrogens with zero attached hydrogens (tertiary/aromatic N) is 3. The van der Waals surface area contributed by atoms with Gasteiger partial charge in [0.15, 0.2) is 23.3 Å². The lowest BCUT2D eigenvalue weighted by atomic mass is 10.1. The molecule has 1 aromatic heterocycles. The van der Waals surface area contributed by atoms with E-state index in [1.165, 1.54) is 0 Å². The Kier molecular flexibility index (Phi) is 3.89. The van der Waals surface area contributed by atoms with E-state index in [-0.39, 0.29) is 18.2 Å². The van der Waals surface area contributed by atoms with E-state index in [1.807, 2.05) is 20.8 Å². The number of anilines is 1. The minimum absolute atomic E-state index is 0.118. The molecule has 0 spiro atoms. The van der Waals surface area contributed by atoms with Gasteiger partial charge in [-0.1, -0.05) is 5.21 Å². The van der Waals surface area contributed by atoms with Gasteiger partial charge in [0.25, 0.3) is 0 Å². The second-order valence-corrected chi connectivity index (χ2v) is 5.52. The predicted molar refractivity (Wildman–Crippen MR) is 68.6 cm³/mol. The Labute approximate surface area is 118 Å². The molecule has 0 atom stereocenters. The lowest BCUT2D eigenvalue weighted by Crippen LogP contribution is -2.22. The second-order valence-electron chi connectivity index (χ2n) is 5.52. The third-order valence-corrected chi connectivity index (χ3v) is 2.79. The van der Waals surface area contributed by atoms with E-state index in [4.69, 9.17) is 0 Å². The van der Waals surface area contributed by atoms with E-state index in [1.54, 1.807) is 10.9 Å². The highest BCUT2D eigenvalue weighted by Gasteiger charge is 2.20. The van der Waals surface area contributed by atoms with Crippen molar-refractivity contribution in [1.29, 1.82) is 0 Å². The lowest BCUT2D eigenvalue weighted by Gasteiger charge is -2.17. The van der Waals surface area contributed by atoms with Crippen LogP contribution in [0.25, 0.3) is 0 Å². The molecule has 2 aromatic rings. The van der Waals surface area contributed by atoms with Gasteiger partial charge in [-0.15, -0.1) is 5.10 Å². The molecule has 1 heterocycles. The van der Waals surface area contributed by atoms with Crippen molar-refractivity contribution in [3.63, 3.8) is 0 Å². The molecule has 114 valence electrons. The molecule has 0 aliphatic carbocycles. The molecular weight excluding hydrogens is 288 g/mol. The monoisotopic (exact) mass is 302 g/mol. The first-order valence-electron chi connectivity index (χ1n) is 6.18. The molecule has 2 rings (SSSR count). The van der Waals surface area contributed by atoms with Gasteiger partial charge in [0, 0.05) is 6.07 Å². The van der Waals surface area contributed by atoms with Gasteiger partial charge in [-0.3, -0.25) is 0 Å². The van der Waals surface area contributed by atoms with Crippen molar-refractivity contribution in [3.05, 3.63) is 41.2 Å². The second kappa shape index (κ2) is 5.34. The van der Waals surface area contributed by atoms with Crippen molar-refractivity contribution >= 4 is 5.69 Å². The number of aromatic nitrogens is 3. The number of rotatable bonds is 3. The van der Waals surface area contributed by atoms with Crippen LogP contribution in [0.1, 0.15) is 26.5 Å². The Morgan fingerprint density at radius 3 is 2.14 bits per heavy atom. The highest BCUT2D eigenvalue weighted by Crippen LogP contribution is 2.24. The summed E-state index contributed by atoms with van der Waals surface area (Å²) in [5, 5.41) is 9.99. The zero-order chi connectivity index (χ0) is 15.8. The van der Waals surface area contributed by atoms with Crippen molar-refractivity contribution < 1.29 is 17.6 Å². The Morgan fingerprint density at radius 1 is 1.10 bits per heavy atom. The van der Waals surface area contributed by atoms with Crippen molar-refractivity contribution in [3.8, 4) is 0 Å². The quantitative estimate of drug-likeness (QED) is 0.699. The minimum Gasteiger partial charge on any atom is -0.374 e. The van der Waals surface area contributed by atoms with E-state index in [0.717, 1.165) is 0 Å². The molecule has 0 saturated heterocycles. The number of benzene rings is 1. The summed E-state index contributed by atoms with van der Waals surface area (Å²) in [5.41, 5.74) is -0.779. The Hall–Kier alpha value is -2.12. The molecule has 0 unspecified atom stereocenters. The van der Waals surface area contributed by atoms with E-state index in [0.29, 0.717) is 5.69 Å². The van der Waals surface area contributed by atoms with Gasteiger partial charge in [0.05, 0.1) is 18.3 Å². The van der Waals surface area contributed by atoms with Crippen LogP contribution in [0.15, 0.2) is 12.3 Å². The average Bonchev–Trinajstić information content (AvgIpc) is 2.85. The van der Waals surface area contributed by atoms with Gasteiger partial charge >= 0.3 is 0 Å². The summed E-state index contributed by atoms with van der Waals surface area (Å²) in [6, 6.07) is 0.158. The number of hydrogen-bond acceptors (Lipinski definition) is 3. The molecule has 1 aromatic carbocycles. The molecule has 0 aliphatic rings. The topological polar surface area (TPSA) is 42.7 Å². The van der Waals surface area contributed by atoms with Crippen LogP contribution < -0.4 is 5.32 Å². The highest BCUT2D eigenvalue weighted by atomic mass is 19.2. The van der Waals surface area contributed by atoms with Crippen LogP contribution >= 0.6 is 0 Å². The summed E-state index contributed by atoms with van der Waals surface area (Å²) in [5.74, 6) is -5.88. The van der Waals surface area contributed by atoms with Crippen molar-refractivity contribution in [2.24, 2.45) is 0 Å². The van der Waals surface area contributed by atoms with Crippen LogP contribution in [0.3, 0.4) is 0 Å². The molecule has 0 aliphatic heterocycles. The van der Waals surface area contributed by atoms with E-state index in [2.05, 4.69) is 15.6 Å². The summed E-state index contributed by atoms with van der Waals surface area (Å²) in [6.45, 7) is 5.59. The summed E-state index contributed by atoms with van der Waals surface area (Å²) >= 11 is 0. The van der Waals surface area contributed by atoms with Crippen LogP contribution in [0.2, 0.25) is 0 Å². The van der Waals surface area contributed by atoms with Crippen LogP contribution in [-0.4, -0.2) is 15.0 Å². The largest absolute Gasteiger partial charge is 0.374 e. The van der Waals surface area contributed by atoms with Gasteiger partial charge in [-0.2, -0.15) is 0 Å². The number of nitrogens with one attached hydrogen (secondary N) is 1. The first-order chi connectivity index (χ1) is 9.70. The molecule has 0 amide bonds. The van der Waals surface area contributed by atoms with Crippen molar-refractivity contribution in [1.82, 2.24) is 15.0 Å². The third kappa shape index (κ3) is 3.14. The van der Waals surface area contributed by atoms with Crippen molar-refractivity contribution in [2.45, 2.75) is 32.9 Å². The van der Waals surface area contributed by atoms with Gasteiger partial charge in [-0.25, -0.2) is 22.2 Å². The zero-order valence-corrected chi connectivity index (χ0v) is 11.7. The molecule has 0 fully saturated rings. The smallest absolute Gasteiger partial charge is 0.185 e. The molecule has 21 heavy (non-hydrogen) atoms. The third-order valence-electron chi connectivity index (χ3n) is 2.79. The zero-order valence-electron chi connectivity index (χ0n) is 11.7. The van der Waals surface area contributed by atoms with Crippen molar-refractivity contribution in [2.75, 3.05) is 5.32 Å². The summed E-state index contributed by atoms with van der Waals surface area (Å²) in [6.07, 6.45) is 1.58. The summed E-state index contributed by atoms with van der Waals surface area (Å²) < 4.78 is 54.6. The van der Waals surface area contributed by atoms with Gasteiger partial charge < -0.3 is 5.32 Å². The Balaban J connectivity index is 2.19. The van der Waals surface area contributed by atoms with Crippen LogP contribution in [-0.2, 0) is 12.1 Å². The maximum Gasteiger partial charge on any atom is 0.185 e. The van der Waals surface area contributed by atoms with Gasteiger partial charge in [0.2, 0.25) is 0 Å².